The first kappa shape index (κ1) is 15.9. The van der Waals surface area contributed by atoms with Crippen LogP contribution in [0.2, 0.25) is 0 Å². The summed E-state index contributed by atoms with van der Waals surface area (Å²) in [5.74, 6) is -0.586. The number of halogens is 2. The predicted octanol–water partition coefficient (Wildman–Crippen LogP) is 3.34. The van der Waals surface area contributed by atoms with E-state index in [2.05, 4.69) is 14.8 Å². The third-order valence-corrected chi connectivity index (χ3v) is 4.03. The molecule has 2 atom stereocenters. The normalized spacial score (nSPS) is 23.1. The van der Waals surface area contributed by atoms with E-state index in [4.69, 9.17) is 17.0 Å². The third-order valence-electron chi connectivity index (χ3n) is 4.03. The minimum absolute atomic E-state index is 0.0759. The Hall–Kier alpha value is -3.01. The number of hydrogen-bond acceptors (Lipinski definition) is 4. The van der Waals surface area contributed by atoms with Gasteiger partial charge in [0.2, 0.25) is 5.69 Å². The van der Waals surface area contributed by atoms with E-state index in [9.17, 15) is 8.78 Å². The van der Waals surface area contributed by atoms with Crippen molar-refractivity contribution < 1.29 is 13.5 Å². The molecule has 2 N–H and O–H groups in total. The van der Waals surface area contributed by atoms with Crippen molar-refractivity contribution in [2.24, 2.45) is 10.7 Å². The Bertz CT molecular complexity index is 862. The molecule has 0 saturated heterocycles. The molecule has 3 rings (SSSR count). The van der Waals surface area contributed by atoms with Crippen molar-refractivity contribution >= 4 is 11.7 Å². The van der Waals surface area contributed by atoms with Gasteiger partial charge in [0.15, 0.2) is 6.17 Å². The maximum atomic E-state index is 14.4. The average molecular weight is 328 g/mol. The first-order valence-corrected chi connectivity index (χ1v) is 7.19. The van der Waals surface area contributed by atoms with Gasteiger partial charge in [0.25, 0.3) is 6.02 Å². The fraction of sp³-hybridized carbons (Fsp3) is 0.235. The summed E-state index contributed by atoms with van der Waals surface area (Å²) in [6.07, 6.45) is 1.45. The van der Waals surface area contributed by atoms with Gasteiger partial charge in [0, 0.05) is 18.0 Å². The van der Waals surface area contributed by atoms with Gasteiger partial charge >= 0.3 is 0 Å². The number of rotatable bonds is 2. The highest BCUT2D eigenvalue weighted by Crippen LogP contribution is 2.37. The van der Waals surface area contributed by atoms with Crippen LogP contribution in [0.1, 0.15) is 12.5 Å². The maximum absolute atomic E-state index is 14.4. The number of aliphatic imine (C=N–C) groups is 1. The molecule has 122 valence electrons. The van der Waals surface area contributed by atoms with E-state index in [-0.39, 0.29) is 18.2 Å². The minimum atomic E-state index is -1.54. The van der Waals surface area contributed by atoms with E-state index >= 15 is 0 Å². The van der Waals surface area contributed by atoms with E-state index in [1.807, 2.05) is 0 Å². The lowest BCUT2D eigenvalue weighted by molar-refractivity contribution is 0.0923. The van der Waals surface area contributed by atoms with Gasteiger partial charge in [-0.15, -0.1) is 0 Å². The largest absolute Gasteiger partial charge is 0.462 e. The zero-order valence-corrected chi connectivity index (χ0v) is 12.8. The summed E-state index contributed by atoms with van der Waals surface area (Å²) in [5.41, 5.74) is 5.74. The molecule has 0 fully saturated rings. The summed E-state index contributed by atoms with van der Waals surface area (Å²) in [5, 5.41) is 0. The molecule has 0 spiro atoms. The molecule has 1 aliphatic rings. The van der Waals surface area contributed by atoms with Crippen molar-refractivity contribution in [2.75, 3.05) is 6.61 Å². The number of pyridine rings is 1. The molecule has 1 aliphatic heterocycles. The highest BCUT2D eigenvalue weighted by Gasteiger charge is 2.42. The molecular formula is C17H14F2N4O. The number of nitrogens with two attached hydrogens (primary N) is 1. The third kappa shape index (κ3) is 2.67. The maximum Gasteiger partial charge on any atom is 0.283 e. The van der Waals surface area contributed by atoms with Crippen LogP contribution in [0, 0.1) is 12.4 Å². The number of benzene rings is 1. The Morgan fingerprint density at radius 3 is 2.88 bits per heavy atom. The molecule has 0 amide bonds. The molecule has 1 aromatic carbocycles. The highest BCUT2D eigenvalue weighted by molar-refractivity contribution is 5.73. The topological polar surface area (TPSA) is 64.9 Å². The zero-order valence-electron chi connectivity index (χ0n) is 12.8. The Morgan fingerprint density at radius 2 is 2.12 bits per heavy atom. The second-order valence-electron chi connectivity index (χ2n) is 5.61. The van der Waals surface area contributed by atoms with E-state index < -0.39 is 17.5 Å². The number of amidine groups is 1. The van der Waals surface area contributed by atoms with E-state index in [1.54, 1.807) is 18.3 Å². The summed E-state index contributed by atoms with van der Waals surface area (Å²) < 4.78 is 33.7. The minimum Gasteiger partial charge on any atom is -0.462 e. The summed E-state index contributed by atoms with van der Waals surface area (Å²) >= 11 is 0. The molecule has 2 heterocycles. The van der Waals surface area contributed by atoms with Gasteiger partial charge in [-0.2, -0.15) is 0 Å². The second kappa shape index (κ2) is 5.89. The SMILES string of the molecule is [C-]#[N+]c1cncc(-c2ccc(F)c([C@@]3(C)N=C(N)OC[C@@H]3F)c2)c1. The van der Waals surface area contributed by atoms with Gasteiger partial charge in [0.05, 0.1) is 6.57 Å². The molecule has 2 aromatic rings. The lowest BCUT2D eigenvalue weighted by Crippen LogP contribution is -2.43. The number of aromatic nitrogens is 1. The lowest BCUT2D eigenvalue weighted by atomic mass is 9.85. The smallest absolute Gasteiger partial charge is 0.283 e. The molecule has 0 saturated carbocycles. The van der Waals surface area contributed by atoms with Crippen LogP contribution in [-0.4, -0.2) is 23.8 Å². The molecule has 5 nitrogen and oxygen atoms in total. The summed E-state index contributed by atoms with van der Waals surface area (Å²) in [6, 6.07) is 5.76. The number of alkyl halides is 1. The van der Waals surface area contributed by atoms with Gasteiger partial charge in [-0.1, -0.05) is 6.07 Å². The van der Waals surface area contributed by atoms with E-state index in [1.165, 1.54) is 25.3 Å². The highest BCUT2D eigenvalue weighted by atomic mass is 19.1. The number of ether oxygens (including phenoxy) is 1. The molecule has 24 heavy (non-hydrogen) atoms. The fourth-order valence-electron chi connectivity index (χ4n) is 2.62. The van der Waals surface area contributed by atoms with Crippen molar-refractivity contribution in [2.45, 2.75) is 18.6 Å². The van der Waals surface area contributed by atoms with Gasteiger partial charge in [-0.3, -0.25) is 4.98 Å². The molecule has 1 aromatic heterocycles. The van der Waals surface area contributed by atoms with Gasteiger partial charge < -0.3 is 10.5 Å². The molecule has 7 heteroatoms. The van der Waals surface area contributed by atoms with Crippen LogP contribution in [0.15, 0.2) is 41.7 Å². The van der Waals surface area contributed by atoms with Crippen LogP contribution >= 0.6 is 0 Å². The molecule has 0 unspecified atom stereocenters. The van der Waals surface area contributed by atoms with Crippen LogP contribution in [-0.2, 0) is 10.3 Å². The van der Waals surface area contributed by atoms with Crippen LogP contribution in [0.5, 0.6) is 0 Å². The van der Waals surface area contributed by atoms with Crippen molar-refractivity contribution in [3.8, 4) is 11.1 Å². The number of hydrogen-bond donors (Lipinski definition) is 1. The molecule has 0 aliphatic carbocycles. The molecule has 0 bridgehead atoms. The van der Waals surface area contributed by atoms with E-state index in [0.29, 0.717) is 16.8 Å². The van der Waals surface area contributed by atoms with Crippen LogP contribution in [0.25, 0.3) is 16.0 Å². The quantitative estimate of drug-likeness (QED) is 0.860. The van der Waals surface area contributed by atoms with Crippen molar-refractivity contribution in [3.63, 3.8) is 0 Å². The number of nitrogens with zero attached hydrogens (tertiary/aromatic N) is 3. The Labute approximate surface area is 137 Å². The second-order valence-corrected chi connectivity index (χ2v) is 5.61. The monoisotopic (exact) mass is 328 g/mol. The summed E-state index contributed by atoms with van der Waals surface area (Å²) in [4.78, 5) is 11.3. The standard InChI is InChI=1S/C17H14F2N4O/c1-17(15(19)9-24-16(20)23-17)13-6-10(3-4-14(13)18)11-5-12(21-2)8-22-7-11/h3-8,15H,9H2,1H3,(H2,20,23)/t15-,17+/m0/s1. The molecule has 0 radical (unpaired) electrons. The average Bonchev–Trinajstić information content (AvgIpc) is 2.59. The van der Waals surface area contributed by atoms with Crippen molar-refractivity contribution in [1.29, 1.82) is 0 Å². The van der Waals surface area contributed by atoms with Gasteiger partial charge in [-0.25, -0.2) is 18.6 Å². The Morgan fingerprint density at radius 1 is 1.33 bits per heavy atom. The predicted molar refractivity (Wildman–Crippen MR) is 85.7 cm³/mol. The lowest BCUT2D eigenvalue weighted by Gasteiger charge is -2.33. The fourth-order valence-corrected chi connectivity index (χ4v) is 2.62. The van der Waals surface area contributed by atoms with Crippen molar-refractivity contribution in [3.05, 3.63) is 59.5 Å². The first-order valence-electron chi connectivity index (χ1n) is 7.19. The zero-order chi connectivity index (χ0) is 17.3. The Kier molecular flexibility index (Phi) is 3.89. The van der Waals surface area contributed by atoms with Crippen molar-refractivity contribution in [1.82, 2.24) is 4.98 Å². The van der Waals surface area contributed by atoms with E-state index in [0.717, 1.165) is 0 Å². The summed E-state index contributed by atoms with van der Waals surface area (Å²) in [7, 11) is 0. The summed E-state index contributed by atoms with van der Waals surface area (Å²) in [6.45, 7) is 8.24. The first-order chi connectivity index (χ1) is 11.4. The van der Waals surface area contributed by atoms with Gasteiger partial charge in [0.1, 0.15) is 18.0 Å². The molecular weight excluding hydrogens is 314 g/mol. The van der Waals surface area contributed by atoms with Crippen LogP contribution in [0.4, 0.5) is 14.5 Å². The van der Waals surface area contributed by atoms with Gasteiger partial charge in [-0.05, 0) is 36.2 Å². The Balaban J connectivity index is 2.13. The van der Waals surface area contributed by atoms with Crippen LogP contribution < -0.4 is 5.73 Å². The van der Waals surface area contributed by atoms with Crippen LogP contribution in [0.3, 0.4) is 0 Å².